The summed E-state index contributed by atoms with van der Waals surface area (Å²) in [7, 11) is 0. The Kier molecular flexibility index (Phi) is 4.32. The molecule has 0 bridgehead atoms. The number of halogens is 1. The van der Waals surface area contributed by atoms with Crippen LogP contribution < -0.4 is 4.90 Å². The van der Waals surface area contributed by atoms with E-state index in [0.717, 1.165) is 19.5 Å². The number of benzene rings is 3. The van der Waals surface area contributed by atoms with Crippen LogP contribution in [0.15, 0.2) is 65.1 Å². The van der Waals surface area contributed by atoms with Crippen LogP contribution in [0.1, 0.15) is 52.6 Å². The van der Waals surface area contributed by atoms with Gasteiger partial charge in [0.05, 0.1) is 0 Å². The fraction of sp³-hybridized carbons (Fsp3) is 0.280. The number of hydrogen-bond donors (Lipinski definition) is 0. The lowest BCUT2D eigenvalue weighted by molar-refractivity contribution is 0.677. The van der Waals surface area contributed by atoms with Crippen LogP contribution in [0.25, 0.3) is 0 Å². The summed E-state index contributed by atoms with van der Waals surface area (Å²) in [6.07, 6.45) is 3.49. The van der Waals surface area contributed by atoms with Crippen molar-refractivity contribution in [3.8, 4) is 0 Å². The summed E-state index contributed by atoms with van der Waals surface area (Å²) in [5.41, 5.74) is 10.5. The monoisotopic (exact) mass is 417 g/mol. The van der Waals surface area contributed by atoms with E-state index in [1.165, 1.54) is 50.8 Å². The third-order valence-electron chi connectivity index (χ3n) is 6.18. The maximum Gasteiger partial charge on any atom is 0.0443 e. The highest BCUT2D eigenvalue weighted by Gasteiger charge is 2.30. The summed E-state index contributed by atoms with van der Waals surface area (Å²) in [5, 5.41) is 0. The molecule has 0 spiro atoms. The number of hydrogen-bond acceptors (Lipinski definition) is 1. The van der Waals surface area contributed by atoms with E-state index in [-0.39, 0.29) is 0 Å². The van der Waals surface area contributed by atoms with Crippen molar-refractivity contribution in [1.29, 1.82) is 0 Å². The molecule has 136 valence electrons. The van der Waals surface area contributed by atoms with Crippen molar-refractivity contribution in [3.05, 3.63) is 98.5 Å². The standard InChI is InChI=1S/C25H24BrN/c1-17-23-12-11-22(26)15-21(23)14-20-10-9-19-8-5-13-27(25(19)24(17)20)16-18-6-3-2-4-7-18/h2-4,6-7,9-12,15,17H,5,8,13-14,16H2,1H3. The molecular formula is C25H24BrN. The summed E-state index contributed by atoms with van der Waals surface area (Å²) < 4.78 is 1.18. The van der Waals surface area contributed by atoms with E-state index in [2.05, 4.69) is 88.4 Å². The second kappa shape index (κ2) is 6.83. The van der Waals surface area contributed by atoms with Crippen molar-refractivity contribution in [2.75, 3.05) is 11.4 Å². The third-order valence-corrected chi connectivity index (χ3v) is 6.68. The molecule has 0 amide bonds. The first kappa shape index (κ1) is 17.1. The van der Waals surface area contributed by atoms with Crippen molar-refractivity contribution in [3.63, 3.8) is 0 Å². The van der Waals surface area contributed by atoms with Gasteiger partial charge in [-0.15, -0.1) is 0 Å². The zero-order valence-electron chi connectivity index (χ0n) is 15.7. The van der Waals surface area contributed by atoms with E-state index in [1.807, 2.05) is 0 Å². The molecule has 1 aliphatic carbocycles. The first-order chi connectivity index (χ1) is 13.2. The molecule has 1 heterocycles. The second-order valence-corrected chi connectivity index (χ2v) is 8.81. The molecule has 5 rings (SSSR count). The Hall–Kier alpha value is -2.06. The number of anilines is 1. The molecular weight excluding hydrogens is 394 g/mol. The van der Waals surface area contributed by atoms with Crippen molar-refractivity contribution in [2.45, 2.75) is 38.6 Å². The van der Waals surface area contributed by atoms with Gasteiger partial charge in [0.1, 0.15) is 0 Å². The van der Waals surface area contributed by atoms with E-state index in [9.17, 15) is 0 Å². The quantitative estimate of drug-likeness (QED) is 0.462. The molecule has 3 aromatic rings. The molecule has 0 saturated carbocycles. The SMILES string of the molecule is CC1c2ccc(Br)cc2Cc2ccc3c(c21)N(Cc1ccccc1)CCC3. The lowest BCUT2D eigenvalue weighted by Crippen LogP contribution is -2.31. The van der Waals surface area contributed by atoms with Crippen LogP contribution in [-0.4, -0.2) is 6.54 Å². The Balaban J connectivity index is 1.61. The van der Waals surface area contributed by atoms with Crippen molar-refractivity contribution in [1.82, 2.24) is 0 Å². The largest absolute Gasteiger partial charge is 0.367 e. The molecule has 0 saturated heterocycles. The highest BCUT2D eigenvalue weighted by molar-refractivity contribution is 9.10. The molecule has 1 aliphatic heterocycles. The molecule has 2 heteroatoms. The van der Waals surface area contributed by atoms with Crippen LogP contribution in [0.4, 0.5) is 5.69 Å². The molecule has 0 radical (unpaired) electrons. The Morgan fingerprint density at radius 3 is 2.63 bits per heavy atom. The molecule has 3 aromatic carbocycles. The van der Waals surface area contributed by atoms with E-state index in [1.54, 1.807) is 5.56 Å². The predicted octanol–water partition coefficient (Wildman–Crippen LogP) is 6.46. The van der Waals surface area contributed by atoms with Gasteiger partial charge in [-0.1, -0.05) is 71.4 Å². The topological polar surface area (TPSA) is 3.24 Å². The minimum Gasteiger partial charge on any atom is -0.367 e. The van der Waals surface area contributed by atoms with E-state index >= 15 is 0 Å². The van der Waals surface area contributed by atoms with Crippen LogP contribution in [-0.2, 0) is 19.4 Å². The van der Waals surface area contributed by atoms with Crippen LogP contribution in [0.5, 0.6) is 0 Å². The molecule has 0 fully saturated rings. The van der Waals surface area contributed by atoms with Gasteiger partial charge in [-0.05, 0) is 64.8 Å². The number of nitrogens with zero attached hydrogens (tertiary/aromatic N) is 1. The zero-order chi connectivity index (χ0) is 18.4. The van der Waals surface area contributed by atoms with Gasteiger partial charge < -0.3 is 4.90 Å². The smallest absolute Gasteiger partial charge is 0.0443 e. The Labute approximate surface area is 170 Å². The summed E-state index contributed by atoms with van der Waals surface area (Å²) in [6, 6.07) is 22.5. The summed E-state index contributed by atoms with van der Waals surface area (Å²) in [6.45, 7) is 4.54. The third kappa shape index (κ3) is 3.00. The van der Waals surface area contributed by atoms with Crippen LogP contribution in [0.3, 0.4) is 0 Å². The minimum absolute atomic E-state index is 0.447. The lowest BCUT2D eigenvalue weighted by Gasteiger charge is -2.38. The lowest BCUT2D eigenvalue weighted by atomic mass is 9.76. The molecule has 0 aromatic heterocycles. The maximum atomic E-state index is 3.65. The summed E-state index contributed by atoms with van der Waals surface area (Å²) >= 11 is 3.65. The van der Waals surface area contributed by atoms with E-state index < -0.39 is 0 Å². The molecule has 1 unspecified atom stereocenters. The fourth-order valence-corrected chi connectivity index (χ4v) is 5.36. The summed E-state index contributed by atoms with van der Waals surface area (Å²) in [5.74, 6) is 0.447. The Morgan fingerprint density at radius 2 is 1.78 bits per heavy atom. The predicted molar refractivity (Wildman–Crippen MR) is 117 cm³/mol. The van der Waals surface area contributed by atoms with Crippen molar-refractivity contribution < 1.29 is 0 Å². The first-order valence-corrected chi connectivity index (χ1v) is 10.7. The molecule has 2 aliphatic rings. The highest BCUT2D eigenvalue weighted by Crippen LogP contribution is 2.45. The van der Waals surface area contributed by atoms with Gasteiger partial charge in [-0.2, -0.15) is 0 Å². The summed E-state index contributed by atoms with van der Waals surface area (Å²) in [4.78, 5) is 2.63. The number of rotatable bonds is 2. The van der Waals surface area contributed by atoms with Crippen molar-refractivity contribution in [2.24, 2.45) is 0 Å². The zero-order valence-corrected chi connectivity index (χ0v) is 17.3. The Bertz CT molecular complexity index is 993. The molecule has 1 atom stereocenters. The fourth-order valence-electron chi connectivity index (χ4n) is 4.95. The Morgan fingerprint density at radius 1 is 0.963 bits per heavy atom. The molecule has 0 N–H and O–H groups in total. The van der Waals surface area contributed by atoms with Gasteiger partial charge in [0.15, 0.2) is 0 Å². The van der Waals surface area contributed by atoms with Gasteiger partial charge in [0.2, 0.25) is 0 Å². The molecule has 27 heavy (non-hydrogen) atoms. The number of fused-ring (bicyclic) bond motifs is 4. The van der Waals surface area contributed by atoms with Crippen LogP contribution in [0, 0.1) is 0 Å². The minimum atomic E-state index is 0.447. The normalized spacial score (nSPS) is 17.9. The maximum absolute atomic E-state index is 3.65. The van der Waals surface area contributed by atoms with Crippen LogP contribution >= 0.6 is 15.9 Å². The van der Waals surface area contributed by atoms with Gasteiger partial charge in [-0.25, -0.2) is 0 Å². The van der Waals surface area contributed by atoms with Gasteiger partial charge in [-0.3, -0.25) is 0 Å². The van der Waals surface area contributed by atoms with Gasteiger partial charge in [0.25, 0.3) is 0 Å². The van der Waals surface area contributed by atoms with Gasteiger partial charge in [0, 0.05) is 29.2 Å². The van der Waals surface area contributed by atoms with Crippen LogP contribution in [0.2, 0.25) is 0 Å². The molecule has 1 nitrogen and oxygen atoms in total. The number of aryl methyl sites for hydroxylation is 1. The highest BCUT2D eigenvalue weighted by atomic mass is 79.9. The second-order valence-electron chi connectivity index (χ2n) is 7.90. The first-order valence-electron chi connectivity index (χ1n) is 9.92. The van der Waals surface area contributed by atoms with Crippen molar-refractivity contribution >= 4 is 21.6 Å². The average molecular weight is 418 g/mol. The van der Waals surface area contributed by atoms with E-state index in [4.69, 9.17) is 0 Å². The van der Waals surface area contributed by atoms with Gasteiger partial charge >= 0.3 is 0 Å². The average Bonchev–Trinajstić information content (AvgIpc) is 2.68. The van der Waals surface area contributed by atoms with E-state index in [0.29, 0.717) is 5.92 Å².